The lowest BCUT2D eigenvalue weighted by Crippen LogP contribution is -2.66. The number of rotatable bonds is 72. The van der Waals surface area contributed by atoms with Gasteiger partial charge in [-0.05, 0) is 121 Å². The number of nitrogens with one attached hydrogen (secondary N) is 9. The number of amides is 10. The molecule has 45 heteroatoms. The lowest BCUT2D eigenvalue weighted by Gasteiger charge is -2.44. The molecule has 0 saturated carbocycles. The fourth-order valence-electron chi connectivity index (χ4n) is 17.6. The summed E-state index contributed by atoms with van der Waals surface area (Å²) in [4.78, 5) is 255. The van der Waals surface area contributed by atoms with Gasteiger partial charge < -0.3 is 124 Å². The maximum atomic E-state index is 14.1. The molecule has 4 rings (SSSR count). The monoisotopic (exact) mass is 2080 g/mol. The first-order valence-electron chi connectivity index (χ1n) is 51.9. The third-order valence-corrected chi connectivity index (χ3v) is 24.9. The molecule has 45 nitrogen and oxygen atoms in total. The smallest absolute Gasteiger partial charge is 0.303 e. The lowest BCUT2D eigenvalue weighted by atomic mass is 9.72. The topological polar surface area (TPSA) is 591 Å². The van der Waals surface area contributed by atoms with Crippen molar-refractivity contribution >= 4 is 119 Å². The summed E-state index contributed by atoms with van der Waals surface area (Å²) in [5.74, 6) is -9.15. The average molecular weight is 2080 g/mol. The summed E-state index contributed by atoms with van der Waals surface area (Å²) >= 11 is 0. The van der Waals surface area contributed by atoms with E-state index in [1.165, 1.54) is 41.5 Å². The summed E-state index contributed by atoms with van der Waals surface area (Å²) in [7, 11) is 0. The highest BCUT2D eigenvalue weighted by molar-refractivity contribution is 5.81. The molecule has 146 heavy (non-hydrogen) atoms. The number of esters is 9. The summed E-state index contributed by atoms with van der Waals surface area (Å²) in [6, 6.07) is -3.46. The van der Waals surface area contributed by atoms with Crippen LogP contribution in [0.4, 0.5) is 0 Å². The standard InChI is InChI=1S/C101H166N10O35/c1-64(2)78(124)38-24-19-17-15-16-18-20-31-49-105-87(130)45-48-101(62-106-85(128)39-25-21-32-50-102-82(125)41-28-35-55-132-98-89(108-65(3)112)95(141-74(12)121)92(138-71(9)118)79(144-98)59-135-68(6)115,63-107-86(129)40-26-22-33-51-103-83(126)42-29-36-56-133-99-90(109-66(4)113)96(142-75(13)122)93(139-72(10)119)80(145-99)60-136-69(7)116)58-77-46-53-111(54-47-77)88(131)44-27-23-34-52-104-84(127)43-30-37-57-134-100-91(110-67(5)114)97(143-76(14)123)94(140-73(11)120)81(146-100)61-137-70(8)117/h64,77,79-81,89-100H,15-63H2,1-14H3,(H,102,125)(H,103,126)(H,104,127)(H,105,130)(H,106,128)(H,107,129)(H,108,112)(H,109,113)(H,110,114). The second-order valence-electron chi connectivity index (χ2n) is 38.3. The highest BCUT2D eigenvalue weighted by atomic mass is 16.7. The number of carbonyl (C=O) groups excluding carboxylic acids is 20. The van der Waals surface area contributed by atoms with E-state index in [-0.39, 0.29) is 143 Å². The molecular weight excluding hydrogens is 1910 g/mol. The first kappa shape index (κ1) is 128. The molecule has 0 aromatic rings. The fourth-order valence-corrected chi connectivity index (χ4v) is 17.6. The predicted molar refractivity (Wildman–Crippen MR) is 522 cm³/mol. The van der Waals surface area contributed by atoms with Crippen molar-refractivity contribution in [2.45, 2.75) is 414 Å². The lowest BCUT2D eigenvalue weighted by molar-refractivity contribution is -0.277. The molecule has 4 aliphatic rings. The van der Waals surface area contributed by atoms with E-state index >= 15 is 0 Å². The highest BCUT2D eigenvalue weighted by Gasteiger charge is 2.55. The molecule has 10 amide bonds. The van der Waals surface area contributed by atoms with Crippen LogP contribution in [0.1, 0.15) is 322 Å². The first-order chi connectivity index (χ1) is 69.4. The maximum absolute atomic E-state index is 14.1. The van der Waals surface area contributed by atoms with Crippen LogP contribution < -0.4 is 47.9 Å². The highest BCUT2D eigenvalue weighted by Crippen LogP contribution is 2.38. The summed E-state index contributed by atoms with van der Waals surface area (Å²) in [5.41, 5.74) is -0.850. The van der Waals surface area contributed by atoms with E-state index in [2.05, 4.69) is 47.9 Å². The minimum absolute atomic E-state index is 0.00939. The van der Waals surface area contributed by atoms with Gasteiger partial charge in [0, 0.05) is 218 Å². The Morgan fingerprint density at radius 3 is 0.856 bits per heavy atom. The molecule has 15 atom stereocenters. The zero-order chi connectivity index (χ0) is 108. The third kappa shape index (κ3) is 54.9. The molecular formula is C101H166N10O35. The quantitative estimate of drug-likeness (QED) is 0.0191. The normalized spacial score (nSPS) is 21.7. The number of hydrogen-bond acceptors (Lipinski definition) is 35. The first-order valence-corrected chi connectivity index (χ1v) is 51.9. The molecule has 9 N–H and O–H groups in total. The van der Waals surface area contributed by atoms with Crippen molar-refractivity contribution in [1.29, 1.82) is 0 Å². The number of unbranched alkanes of at least 4 members (excludes halogenated alkanes) is 16. The van der Waals surface area contributed by atoms with Gasteiger partial charge in [0.15, 0.2) is 55.5 Å². The van der Waals surface area contributed by atoms with Gasteiger partial charge >= 0.3 is 53.7 Å². The Balaban J connectivity index is 1.41. The van der Waals surface area contributed by atoms with Crippen LogP contribution in [0.15, 0.2) is 0 Å². The van der Waals surface area contributed by atoms with Gasteiger partial charge in [-0.2, -0.15) is 0 Å². The van der Waals surface area contributed by atoms with Crippen LogP contribution in [0.3, 0.4) is 0 Å². The number of ether oxygens (including phenoxy) is 15. The molecule has 0 radical (unpaired) electrons. The SMILES string of the molecule is CC(=O)NC1C(OCCCCC(=O)NCCCCCC(=O)NCC(CCC(=O)NCCCCCCCCCCC(=O)C(C)C)(CNC(=O)CCCCCNC(=O)CCCCOC2OC(COC(C)=O)C(OC(C)=O)C(OC(C)=O)C2NC(C)=O)CC2CCN(C(=O)CCCCCNC(=O)CCCCOC3OC(COC(C)=O)C(OC(C)=O)C(OC(C)=O)C3NC(C)=O)CC2)OC(COC(C)=O)C(OC(C)=O)C1OC(C)=O. The van der Waals surface area contributed by atoms with E-state index in [9.17, 15) is 95.9 Å². The van der Waals surface area contributed by atoms with Gasteiger partial charge in [0.1, 0.15) is 62.0 Å². The van der Waals surface area contributed by atoms with Gasteiger partial charge in [-0.15, -0.1) is 0 Å². The van der Waals surface area contributed by atoms with E-state index in [4.69, 9.17) is 71.1 Å². The molecule has 4 heterocycles. The molecule has 15 unspecified atom stereocenters. The van der Waals surface area contributed by atoms with Gasteiger partial charge in [-0.1, -0.05) is 71.6 Å². The second-order valence-corrected chi connectivity index (χ2v) is 38.3. The van der Waals surface area contributed by atoms with Gasteiger partial charge in [0.05, 0.1) is 0 Å². The number of hydrogen-bond donors (Lipinski definition) is 9. The van der Waals surface area contributed by atoms with Crippen LogP contribution in [0.2, 0.25) is 0 Å². The van der Waals surface area contributed by atoms with Crippen molar-refractivity contribution in [1.82, 2.24) is 52.8 Å². The van der Waals surface area contributed by atoms with E-state index < -0.39 is 189 Å². The Kier molecular flexibility index (Phi) is 62.8. The van der Waals surface area contributed by atoms with Gasteiger partial charge in [0.2, 0.25) is 59.1 Å². The van der Waals surface area contributed by atoms with E-state index in [0.29, 0.717) is 161 Å². The van der Waals surface area contributed by atoms with E-state index in [1.807, 2.05) is 18.7 Å². The van der Waals surface area contributed by atoms with Crippen LogP contribution in [-0.4, -0.2) is 307 Å². The number of carbonyl (C=O) groups is 20. The van der Waals surface area contributed by atoms with Crippen molar-refractivity contribution in [2.24, 2.45) is 17.3 Å². The summed E-state index contributed by atoms with van der Waals surface area (Å²) in [6.07, 6.45) is 3.53. The largest absolute Gasteiger partial charge is 0.463 e. The number of ketones is 1. The van der Waals surface area contributed by atoms with Gasteiger partial charge in [-0.3, -0.25) is 95.9 Å². The molecule has 0 aromatic carbocycles. The van der Waals surface area contributed by atoms with Crippen LogP contribution in [-0.2, 0) is 167 Å². The van der Waals surface area contributed by atoms with Crippen molar-refractivity contribution in [2.75, 3.05) is 92.0 Å². The van der Waals surface area contributed by atoms with Crippen LogP contribution in [0.25, 0.3) is 0 Å². The molecule has 0 aliphatic carbocycles. The van der Waals surface area contributed by atoms with Crippen molar-refractivity contribution in [3.63, 3.8) is 0 Å². The minimum Gasteiger partial charge on any atom is -0.463 e. The Labute approximate surface area is 857 Å². The molecule has 4 aliphatic heterocycles. The van der Waals surface area contributed by atoms with Gasteiger partial charge in [-0.25, -0.2) is 0 Å². The van der Waals surface area contributed by atoms with E-state index in [0.717, 1.165) is 92.9 Å². The molecule has 0 spiro atoms. The van der Waals surface area contributed by atoms with E-state index in [1.54, 1.807) is 0 Å². The molecule has 4 saturated heterocycles. The third-order valence-electron chi connectivity index (χ3n) is 24.9. The number of piperidine rings is 1. The second kappa shape index (κ2) is 71.9. The van der Waals surface area contributed by atoms with Gasteiger partial charge in [0.25, 0.3) is 0 Å². The van der Waals surface area contributed by atoms with Crippen LogP contribution in [0.5, 0.6) is 0 Å². The molecule has 4 fully saturated rings. The molecule has 0 bridgehead atoms. The van der Waals surface area contributed by atoms with Crippen molar-refractivity contribution in [3.05, 3.63) is 0 Å². The number of nitrogens with zero attached hydrogens (tertiary/aromatic N) is 1. The maximum Gasteiger partial charge on any atom is 0.303 e. The molecule has 830 valence electrons. The number of Topliss-reactive ketones (excluding diaryl/α,β-unsaturated/α-hetero) is 1. The minimum atomic E-state index is -1.30. The van der Waals surface area contributed by atoms with Crippen molar-refractivity contribution < 1.29 is 167 Å². The summed E-state index contributed by atoms with van der Waals surface area (Å²) < 4.78 is 84.8. The Morgan fingerprint density at radius 1 is 0.301 bits per heavy atom. The zero-order valence-corrected chi connectivity index (χ0v) is 88.2. The Morgan fingerprint density at radius 2 is 0.562 bits per heavy atom. The Bertz CT molecular complexity index is 3970. The van der Waals surface area contributed by atoms with Crippen molar-refractivity contribution in [3.8, 4) is 0 Å². The van der Waals surface area contributed by atoms with Crippen LogP contribution in [0, 0.1) is 17.3 Å². The van der Waals surface area contributed by atoms with Crippen LogP contribution >= 0.6 is 0 Å². The Hall–Kier alpha value is -10.6. The summed E-state index contributed by atoms with van der Waals surface area (Å²) in [5, 5.41) is 26.2. The molecule has 0 aromatic heterocycles. The predicted octanol–water partition coefficient (Wildman–Crippen LogP) is 6.03. The number of likely N-dealkylation sites (tertiary alicyclic amines) is 1. The fraction of sp³-hybridized carbons (Fsp3) is 0.802. The summed E-state index contributed by atoms with van der Waals surface area (Å²) in [6.45, 7) is 19.3. The average Bonchev–Trinajstić information content (AvgIpc) is 0.786. The zero-order valence-electron chi connectivity index (χ0n) is 88.2.